The van der Waals surface area contributed by atoms with Gasteiger partial charge in [-0.05, 0) is 54.3 Å². The SMILES string of the molecule is Cc1[nH]nc2c1C(c1cc(C#N)cc(-c3ccc(C(=O)N(C)C)s3)c1)(C(C)C)C(C#N)=C(N)O2. The Hall–Kier alpha value is -4.08. The summed E-state index contributed by atoms with van der Waals surface area (Å²) in [5, 5.41) is 27.3. The number of nitrogens with one attached hydrogen (secondary N) is 1. The third-order valence-corrected chi connectivity index (χ3v) is 7.28. The Morgan fingerprint density at radius 2 is 1.97 bits per heavy atom. The van der Waals surface area contributed by atoms with Crippen molar-refractivity contribution < 1.29 is 9.53 Å². The molecule has 1 unspecified atom stereocenters. The highest BCUT2D eigenvalue weighted by atomic mass is 32.1. The summed E-state index contributed by atoms with van der Waals surface area (Å²) in [5.41, 5.74) is 8.95. The number of carbonyl (C=O) groups is 1. The molecule has 0 bridgehead atoms. The lowest BCUT2D eigenvalue weighted by Gasteiger charge is -2.41. The van der Waals surface area contributed by atoms with Gasteiger partial charge in [-0.3, -0.25) is 9.89 Å². The molecule has 4 rings (SSSR count). The van der Waals surface area contributed by atoms with E-state index in [-0.39, 0.29) is 23.3 Å². The number of fused-ring (bicyclic) bond motifs is 1. The lowest BCUT2D eigenvalue weighted by Crippen LogP contribution is -2.41. The van der Waals surface area contributed by atoms with Gasteiger partial charge >= 0.3 is 0 Å². The first-order chi connectivity index (χ1) is 16.1. The number of nitrogens with two attached hydrogens (primary N) is 1. The Morgan fingerprint density at radius 1 is 1.24 bits per heavy atom. The summed E-state index contributed by atoms with van der Waals surface area (Å²) in [4.78, 5) is 15.4. The molecule has 1 aromatic carbocycles. The third-order valence-electron chi connectivity index (χ3n) is 6.16. The van der Waals surface area contributed by atoms with Crippen molar-refractivity contribution in [1.82, 2.24) is 15.1 Å². The highest BCUT2D eigenvalue weighted by molar-refractivity contribution is 7.17. The van der Waals surface area contributed by atoms with Gasteiger partial charge in [0.15, 0.2) is 0 Å². The van der Waals surface area contributed by atoms with Gasteiger partial charge < -0.3 is 15.4 Å². The van der Waals surface area contributed by atoms with Crippen molar-refractivity contribution in [2.45, 2.75) is 26.2 Å². The largest absolute Gasteiger partial charge is 0.420 e. The summed E-state index contributed by atoms with van der Waals surface area (Å²) >= 11 is 1.36. The second-order valence-corrected chi connectivity index (χ2v) is 9.80. The van der Waals surface area contributed by atoms with E-state index < -0.39 is 5.41 Å². The van der Waals surface area contributed by atoms with Crippen LogP contribution < -0.4 is 10.5 Å². The smallest absolute Gasteiger partial charge is 0.263 e. The summed E-state index contributed by atoms with van der Waals surface area (Å²) in [6.07, 6.45) is 0. The number of carbonyl (C=O) groups excluding carboxylic acids is 1. The number of H-pyrrole nitrogens is 1. The van der Waals surface area contributed by atoms with Crippen LogP contribution in [0.2, 0.25) is 0 Å². The van der Waals surface area contributed by atoms with Crippen molar-refractivity contribution in [2.75, 3.05) is 14.1 Å². The maximum absolute atomic E-state index is 12.4. The number of nitrogens with zero attached hydrogens (tertiary/aromatic N) is 4. The van der Waals surface area contributed by atoms with Crippen LogP contribution in [0.1, 0.15) is 45.9 Å². The first-order valence-corrected chi connectivity index (χ1v) is 11.5. The van der Waals surface area contributed by atoms with Crippen molar-refractivity contribution >= 4 is 17.2 Å². The molecule has 0 spiro atoms. The Morgan fingerprint density at radius 3 is 2.59 bits per heavy atom. The number of ether oxygens (including phenoxy) is 1. The topological polar surface area (TPSA) is 132 Å². The Kier molecular flexibility index (Phi) is 5.68. The minimum Gasteiger partial charge on any atom is -0.420 e. The Labute approximate surface area is 201 Å². The molecular formula is C25H24N6O2S. The number of aromatic nitrogens is 2. The second-order valence-electron chi connectivity index (χ2n) is 8.72. The molecule has 2 aromatic heterocycles. The normalized spacial score (nSPS) is 17.1. The van der Waals surface area contributed by atoms with E-state index in [1.165, 1.54) is 16.2 Å². The molecule has 0 saturated carbocycles. The van der Waals surface area contributed by atoms with E-state index in [1.807, 2.05) is 32.9 Å². The highest BCUT2D eigenvalue weighted by Crippen LogP contribution is 2.53. The lowest BCUT2D eigenvalue weighted by molar-refractivity contribution is 0.0832. The predicted molar refractivity (Wildman–Crippen MR) is 129 cm³/mol. The zero-order valence-electron chi connectivity index (χ0n) is 19.6. The van der Waals surface area contributed by atoms with Crippen molar-refractivity contribution in [1.29, 1.82) is 10.5 Å². The highest BCUT2D eigenvalue weighted by Gasteiger charge is 2.50. The first kappa shape index (κ1) is 23.1. The number of aromatic amines is 1. The molecular weight excluding hydrogens is 448 g/mol. The molecule has 0 radical (unpaired) electrons. The number of nitriles is 2. The number of thiophene rings is 1. The molecule has 1 aliphatic rings. The lowest BCUT2D eigenvalue weighted by atomic mass is 9.61. The van der Waals surface area contributed by atoms with Gasteiger partial charge in [-0.1, -0.05) is 13.8 Å². The molecule has 0 fully saturated rings. The average Bonchev–Trinajstić information content (AvgIpc) is 3.44. The van der Waals surface area contributed by atoms with Gasteiger partial charge in [0.05, 0.1) is 27.5 Å². The maximum Gasteiger partial charge on any atom is 0.263 e. The number of rotatable bonds is 4. The molecule has 1 atom stereocenters. The van der Waals surface area contributed by atoms with E-state index in [0.29, 0.717) is 16.3 Å². The molecule has 3 aromatic rings. The minimum absolute atomic E-state index is 0.00546. The van der Waals surface area contributed by atoms with Gasteiger partial charge in [-0.15, -0.1) is 16.4 Å². The van der Waals surface area contributed by atoms with Crippen LogP contribution in [-0.4, -0.2) is 35.1 Å². The summed E-state index contributed by atoms with van der Waals surface area (Å²) < 4.78 is 5.69. The Bertz CT molecular complexity index is 1420. The van der Waals surface area contributed by atoms with E-state index in [4.69, 9.17) is 10.5 Å². The summed E-state index contributed by atoms with van der Waals surface area (Å²) in [5.74, 6) is 0.100. The molecule has 3 N–H and O–H groups in total. The standard InChI is InChI=1S/C25H24N6O2S/c1-13(2)25(18(12-27)22(28)33-23-21(25)14(3)29-30-23)17-9-15(11-26)8-16(10-17)19-6-7-20(34-19)24(32)31(4)5/h6-10,13H,28H2,1-5H3,(H,29,30). The zero-order valence-corrected chi connectivity index (χ0v) is 20.4. The number of allylic oxidation sites excluding steroid dienone is 1. The van der Waals surface area contributed by atoms with E-state index in [9.17, 15) is 15.3 Å². The third kappa shape index (κ3) is 3.33. The van der Waals surface area contributed by atoms with Gasteiger partial charge in [-0.25, -0.2) is 0 Å². The van der Waals surface area contributed by atoms with Crippen LogP contribution in [-0.2, 0) is 5.41 Å². The molecule has 34 heavy (non-hydrogen) atoms. The molecule has 0 aliphatic carbocycles. The quantitative estimate of drug-likeness (QED) is 0.589. The predicted octanol–water partition coefficient (Wildman–Crippen LogP) is 4.05. The average molecular weight is 473 g/mol. The first-order valence-electron chi connectivity index (χ1n) is 10.7. The molecule has 3 heterocycles. The van der Waals surface area contributed by atoms with Gasteiger partial charge in [0.2, 0.25) is 11.8 Å². The van der Waals surface area contributed by atoms with Crippen LogP contribution in [0.25, 0.3) is 10.4 Å². The van der Waals surface area contributed by atoms with Crippen LogP contribution in [0.3, 0.4) is 0 Å². The van der Waals surface area contributed by atoms with Gasteiger partial charge in [0, 0.05) is 24.7 Å². The number of aryl methyl sites for hydroxylation is 1. The minimum atomic E-state index is -0.981. The van der Waals surface area contributed by atoms with Crippen molar-refractivity contribution in [2.24, 2.45) is 11.7 Å². The van der Waals surface area contributed by atoms with Crippen LogP contribution in [0.4, 0.5) is 0 Å². The molecule has 8 nitrogen and oxygen atoms in total. The Balaban J connectivity index is 2.02. The van der Waals surface area contributed by atoms with Crippen LogP contribution in [0.5, 0.6) is 5.88 Å². The van der Waals surface area contributed by atoms with Crippen LogP contribution in [0, 0.1) is 35.5 Å². The summed E-state index contributed by atoms with van der Waals surface area (Å²) in [6, 6.07) is 13.7. The molecule has 0 saturated heterocycles. The number of hydrogen-bond donors (Lipinski definition) is 2. The summed E-state index contributed by atoms with van der Waals surface area (Å²) in [6.45, 7) is 5.88. The van der Waals surface area contributed by atoms with E-state index in [0.717, 1.165) is 27.3 Å². The number of amides is 1. The number of hydrogen-bond acceptors (Lipinski definition) is 7. The molecule has 172 valence electrons. The van der Waals surface area contributed by atoms with Crippen LogP contribution in [0.15, 0.2) is 41.8 Å². The summed E-state index contributed by atoms with van der Waals surface area (Å²) in [7, 11) is 3.41. The molecule has 9 heteroatoms. The monoisotopic (exact) mass is 472 g/mol. The fourth-order valence-electron chi connectivity index (χ4n) is 4.65. The van der Waals surface area contributed by atoms with Crippen molar-refractivity contribution in [3.8, 4) is 28.5 Å². The van der Waals surface area contributed by atoms with Gasteiger partial charge in [0.25, 0.3) is 5.91 Å². The van der Waals surface area contributed by atoms with E-state index in [1.54, 1.807) is 32.3 Å². The van der Waals surface area contributed by atoms with Gasteiger partial charge in [-0.2, -0.15) is 10.5 Å². The molecule has 1 aliphatic heterocycles. The van der Waals surface area contributed by atoms with E-state index >= 15 is 0 Å². The maximum atomic E-state index is 12.4. The van der Waals surface area contributed by atoms with Crippen molar-refractivity contribution in [3.05, 3.63) is 69.0 Å². The fourth-order valence-corrected chi connectivity index (χ4v) is 5.67. The second kappa shape index (κ2) is 8.36. The number of benzene rings is 1. The van der Waals surface area contributed by atoms with Gasteiger partial charge in [0.1, 0.15) is 11.6 Å². The zero-order chi connectivity index (χ0) is 24.8. The molecule has 1 amide bonds. The fraction of sp³-hybridized carbons (Fsp3) is 0.280. The van der Waals surface area contributed by atoms with Crippen molar-refractivity contribution in [3.63, 3.8) is 0 Å². The van der Waals surface area contributed by atoms with Crippen LogP contribution >= 0.6 is 11.3 Å². The van der Waals surface area contributed by atoms with E-state index in [2.05, 4.69) is 22.3 Å².